The van der Waals surface area contributed by atoms with Gasteiger partial charge in [0.15, 0.2) is 0 Å². The zero-order chi connectivity index (χ0) is 21.3. The summed E-state index contributed by atoms with van der Waals surface area (Å²) in [5, 5.41) is 0. The van der Waals surface area contributed by atoms with E-state index in [9.17, 15) is 0 Å². The van der Waals surface area contributed by atoms with Crippen molar-refractivity contribution in [3.8, 4) is 11.1 Å². The van der Waals surface area contributed by atoms with Crippen LogP contribution in [0.4, 0.5) is 0 Å². The third kappa shape index (κ3) is 5.04. The van der Waals surface area contributed by atoms with E-state index in [2.05, 4.69) is 66.8 Å². The van der Waals surface area contributed by atoms with Gasteiger partial charge in [0.25, 0.3) is 0 Å². The first-order valence-corrected chi connectivity index (χ1v) is 21.2. The van der Waals surface area contributed by atoms with Crippen molar-refractivity contribution in [1.82, 2.24) is 0 Å². The summed E-state index contributed by atoms with van der Waals surface area (Å²) in [6, 6.07) is 19.1. The molecule has 34 heavy (non-hydrogen) atoms. The van der Waals surface area contributed by atoms with Crippen LogP contribution in [0.2, 0.25) is 11.1 Å². The predicted octanol–water partition coefficient (Wildman–Crippen LogP) is 2.89. The minimum Gasteiger partial charge on any atom is -1.00 e. The molecule has 0 spiro atoms. The minimum atomic E-state index is -1.98. The average Bonchev–Trinajstić information content (AvgIpc) is 3.51. The number of hydrogen-bond acceptors (Lipinski definition) is 0. The Morgan fingerprint density at radius 3 is 1.62 bits per heavy atom. The van der Waals surface area contributed by atoms with Gasteiger partial charge in [0.05, 0.1) is 0 Å². The number of hydrogen-bond donors (Lipinski definition) is 0. The Hall–Kier alpha value is -0.400. The molecule has 0 radical (unpaired) electrons. The van der Waals surface area contributed by atoms with Crippen LogP contribution in [0, 0.1) is 0 Å². The fraction of sp³-hybridized carbons (Fsp3) is 0.467. The molecule has 0 bridgehead atoms. The van der Waals surface area contributed by atoms with Gasteiger partial charge in [-0.1, -0.05) is 0 Å². The fourth-order valence-corrected chi connectivity index (χ4v) is 35.6. The molecule has 4 aliphatic carbocycles. The van der Waals surface area contributed by atoms with Crippen molar-refractivity contribution >= 4 is 5.43 Å². The van der Waals surface area contributed by atoms with Gasteiger partial charge in [-0.05, 0) is 0 Å². The average molecular weight is 587 g/mol. The smallest absolute Gasteiger partial charge is 1.00 e. The van der Waals surface area contributed by atoms with Gasteiger partial charge in [0.2, 0.25) is 0 Å². The molecule has 2 fully saturated rings. The number of benzene rings is 2. The zero-order valence-corrected chi connectivity index (χ0v) is 25.1. The second-order valence-electron chi connectivity index (χ2n) is 10.5. The zero-order valence-electron chi connectivity index (χ0n) is 20.1. The Bertz CT molecular complexity index is 1020. The van der Waals surface area contributed by atoms with Gasteiger partial charge in [0, 0.05) is 0 Å². The van der Waals surface area contributed by atoms with Crippen LogP contribution < -0.4 is 24.8 Å². The van der Waals surface area contributed by atoms with Gasteiger partial charge >= 0.3 is 203 Å². The maximum absolute atomic E-state index is 2.62. The van der Waals surface area contributed by atoms with Gasteiger partial charge in [-0.25, -0.2) is 0 Å². The fourth-order valence-electron chi connectivity index (χ4n) is 7.25. The van der Waals surface area contributed by atoms with E-state index in [-0.39, 0.29) is 30.2 Å². The Balaban J connectivity index is 0.00000137. The molecule has 0 atom stereocenters. The van der Waals surface area contributed by atoms with Crippen molar-refractivity contribution in [3.05, 3.63) is 81.2 Å². The standard InChI is InChI=1S/C13H9.C12H22Si.C5H5.2ClH.Zr/c1-3-7-12-10(5-1)9-11-6-2-4-8-13(11)12;1-3-7-11(8-4-1)13-12-9-5-2-6-10-12;1-2-4-5-3-1;;;/h1-9H;11-12H,1-10H2;1-3H,4H2;2*1H;/q;;;;;+2/p-2. The molecule has 0 aromatic heterocycles. The van der Waals surface area contributed by atoms with E-state index in [1.807, 2.05) is 3.28 Å². The SMILES string of the molecule is C1=CC[C]([Zr+2]([CH]2c3ccccc3-c3ccccc32)=[Si](C2CCCCC2)C2CCCCC2)=C1.[Cl-].[Cl-]. The maximum atomic E-state index is 2.62. The maximum Gasteiger partial charge on any atom is -1.00 e. The summed E-state index contributed by atoms with van der Waals surface area (Å²) in [6.07, 6.45) is 24.1. The van der Waals surface area contributed by atoms with Gasteiger partial charge in [-0.2, -0.15) is 0 Å². The van der Waals surface area contributed by atoms with Crippen LogP contribution in [-0.4, -0.2) is 5.43 Å². The van der Waals surface area contributed by atoms with E-state index in [1.165, 1.54) is 44.9 Å². The Kier molecular flexibility index (Phi) is 9.59. The molecule has 4 aliphatic rings. The van der Waals surface area contributed by atoms with E-state index in [1.54, 1.807) is 47.9 Å². The largest absolute Gasteiger partial charge is 1.00 e. The monoisotopic (exact) mass is 584 g/mol. The van der Waals surface area contributed by atoms with E-state index in [0.29, 0.717) is 0 Å². The molecule has 178 valence electrons. The first-order valence-electron chi connectivity index (χ1n) is 13.2. The third-order valence-electron chi connectivity index (χ3n) is 8.64. The van der Waals surface area contributed by atoms with Crippen LogP contribution in [0.1, 0.15) is 85.4 Å². The van der Waals surface area contributed by atoms with E-state index >= 15 is 0 Å². The number of fused-ring (bicyclic) bond motifs is 3. The molecule has 6 rings (SSSR count). The molecular formula is C30H36Cl2SiZr. The second-order valence-corrected chi connectivity index (χ2v) is 25.5. The van der Waals surface area contributed by atoms with Crippen LogP contribution in [-0.2, 0) is 20.4 Å². The van der Waals surface area contributed by atoms with Crippen molar-refractivity contribution in [3.63, 3.8) is 0 Å². The van der Waals surface area contributed by atoms with Crippen molar-refractivity contribution in [1.29, 1.82) is 0 Å². The second kappa shape index (κ2) is 12.2. The van der Waals surface area contributed by atoms with Crippen LogP contribution >= 0.6 is 0 Å². The molecule has 2 aromatic rings. The number of rotatable bonds is 4. The van der Waals surface area contributed by atoms with Crippen LogP contribution in [0.5, 0.6) is 0 Å². The molecule has 0 aliphatic heterocycles. The molecule has 0 nitrogen and oxygen atoms in total. The van der Waals surface area contributed by atoms with Crippen LogP contribution in [0.15, 0.2) is 70.0 Å². The van der Waals surface area contributed by atoms with Gasteiger partial charge < -0.3 is 24.8 Å². The number of allylic oxidation sites excluding steroid dienone is 4. The van der Waals surface area contributed by atoms with E-state index < -0.39 is 20.4 Å². The summed E-state index contributed by atoms with van der Waals surface area (Å²) >= 11 is -1.98. The topological polar surface area (TPSA) is 0 Å². The Morgan fingerprint density at radius 2 is 1.15 bits per heavy atom. The Morgan fingerprint density at radius 1 is 0.647 bits per heavy atom. The van der Waals surface area contributed by atoms with Gasteiger partial charge in [0.1, 0.15) is 0 Å². The summed E-state index contributed by atoms with van der Waals surface area (Å²) in [4.78, 5) is 0. The van der Waals surface area contributed by atoms with Crippen LogP contribution in [0.3, 0.4) is 0 Å². The number of halogens is 2. The molecule has 0 unspecified atom stereocenters. The van der Waals surface area contributed by atoms with Crippen molar-refractivity contribution in [2.45, 2.75) is 85.3 Å². The first-order chi connectivity index (χ1) is 15.9. The van der Waals surface area contributed by atoms with Crippen molar-refractivity contribution in [2.75, 3.05) is 0 Å². The molecule has 0 heterocycles. The molecule has 0 saturated heterocycles. The van der Waals surface area contributed by atoms with Crippen molar-refractivity contribution in [2.24, 2.45) is 0 Å². The third-order valence-corrected chi connectivity index (χ3v) is 32.0. The molecule has 4 heteroatoms. The summed E-state index contributed by atoms with van der Waals surface area (Å²) < 4.78 is 2.74. The summed E-state index contributed by atoms with van der Waals surface area (Å²) in [6.45, 7) is 0. The van der Waals surface area contributed by atoms with Gasteiger partial charge in [-0.3, -0.25) is 0 Å². The predicted molar refractivity (Wildman–Crippen MR) is 135 cm³/mol. The van der Waals surface area contributed by atoms with Crippen molar-refractivity contribution < 1.29 is 45.2 Å². The normalized spacial score (nSPS) is 19.8. The van der Waals surface area contributed by atoms with E-state index in [4.69, 9.17) is 0 Å². The van der Waals surface area contributed by atoms with E-state index in [0.717, 1.165) is 14.7 Å². The quantitative estimate of drug-likeness (QED) is 0.484. The summed E-state index contributed by atoms with van der Waals surface area (Å²) in [7, 11) is 0. The Labute approximate surface area is 226 Å². The molecule has 0 amide bonds. The molecule has 2 aromatic carbocycles. The minimum absolute atomic E-state index is 0. The first kappa shape index (κ1) is 26.7. The molecular weight excluding hydrogens is 551 g/mol. The molecule has 0 N–H and O–H groups in total. The summed E-state index contributed by atoms with van der Waals surface area (Å²) in [5.74, 6) is 0. The van der Waals surface area contributed by atoms with Gasteiger partial charge in [-0.15, -0.1) is 0 Å². The molecule has 2 saturated carbocycles. The van der Waals surface area contributed by atoms with Crippen LogP contribution in [0.25, 0.3) is 11.1 Å². The summed E-state index contributed by atoms with van der Waals surface area (Å²) in [5.41, 5.74) is 8.41.